The van der Waals surface area contributed by atoms with Crippen molar-refractivity contribution in [3.63, 3.8) is 0 Å². The minimum Gasteiger partial charge on any atom is -0.338 e. The lowest BCUT2D eigenvalue weighted by Gasteiger charge is -2.31. The molecule has 8 heteroatoms. The van der Waals surface area contributed by atoms with E-state index >= 15 is 0 Å². The Morgan fingerprint density at radius 1 is 1.09 bits per heavy atom. The molecule has 2 N–H and O–H groups in total. The molecule has 35 heavy (non-hydrogen) atoms. The molecule has 0 aliphatic carbocycles. The quantitative estimate of drug-likeness (QED) is 0.327. The molecule has 1 fully saturated rings. The highest BCUT2D eigenvalue weighted by molar-refractivity contribution is 7.10. The van der Waals surface area contributed by atoms with Crippen LogP contribution in [0.5, 0.6) is 0 Å². The SMILES string of the molecule is CCCCCNC(=O)N1CCC(c2nc(C(=O)Nc3ccccc3-c3ccc(Cl)cc3)cs2)CC1. The molecule has 0 saturated carbocycles. The molecule has 0 radical (unpaired) electrons. The molecule has 0 unspecified atom stereocenters. The number of rotatable bonds is 8. The van der Waals surface area contributed by atoms with Gasteiger partial charge < -0.3 is 15.5 Å². The van der Waals surface area contributed by atoms with Crippen LogP contribution in [0.2, 0.25) is 5.02 Å². The van der Waals surface area contributed by atoms with Gasteiger partial charge in [0.1, 0.15) is 5.69 Å². The minimum atomic E-state index is -0.224. The number of para-hydroxylation sites is 1. The van der Waals surface area contributed by atoms with Gasteiger partial charge in [0, 0.05) is 47.2 Å². The van der Waals surface area contributed by atoms with Crippen molar-refractivity contribution in [3.05, 3.63) is 69.6 Å². The molecule has 3 amide bonds. The lowest BCUT2D eigenvalue weighted by Crippen LogP contribution is -2.44. The number of carbonyl (C=O) groups excluding carboxylic acids is 2. The number of nitrogens with one attached hydrogen (secondary N) is 2. The van der Waals surface area contributed by atoms with E-state index in [1.165, 1.54) is 11.3 Å². The highest BCUT2D eigenvalue weighted by Crippen LogP contribution is 2.32. The summed E-state index contributed by atoms with van der Waals surface area (Å²) < 4.78 is 0. The number of piperidine rings is 1. The summed E-state index contributed by atoms with van der Waals surface area (Å²) in [5, 5.41) is 9.49. The fraction of sp³-hybridized carbons (Fsp3) is 0.370. The van der Waals surface area contributed by atoms with E-state index in [4.69, 9.17) is 11.6 Å². The highest BCUT2D eigenvalue weighted by Gasteiger charge is 2.26. The number of nitrogens with zero attached hydrogens (tertiary/aromatic N) is 2. The fourth-order valence-corrected chi connectivity index (χ4v) is 5.35. The molecule has 0 atom stereocenters. The van der Waals surface area contributed by atoms with Crippen molar-refractivity contribution in [1.29, 1.82) is 0 Å². The van der Waals surface area contributed by atoms with Crippen LogP contribution in [0.1, 0.15) is 60.4 Å². The van der Waals surface area contributed by atoms with E-state index in [-0.39, 0.29) is 17.9 Å². The van der Waals surface area contributed by atoms with Crippen LogP contribution >= 0.6 is 22.9 Å². The van der Waals surface area contributed by atoms with Crippen molar-refractivity contribution in [3.8, 4) is 11.1 Å². The number of unbranched alkanes of at least 4 members (excludes halogenated alkanes) is 2. The van der Waals surface area contributed by atoms with Crippen LogP contribution in [0.15, 0.2) is 53.9 Å². The van der Waals surface area contributed by atoms with Crippen LogP contribution in [0.25, 0.3) is 11.1 Å². The second-order valence-corrected chi connectivity index (χ2v) is 10.1. The van der Waals surface area contributed by atoms with E-state index in [0.29, 0.717) is 23.8 Å². The second kappa shape index (κ2) is 12.2. The predicted octanol–water partition coefficient (Wildman–Crippen LogP) is 6.80. The third-order valence-electron chi connectivity index (χ3n) is 6.27. The van der Waals surface area contributed by atoms with Gasteiger partial charge in [-0.1, -0.05) is 61.7 Å². The maximum Gasteiger partial charge on any atom is 0.317 e. The molecule has 3 aromatic rings. The van der Waals surface area contributed by atoms with Gasteiger partial charge >= 0.3 is 6.03 Å². The molecular weight excluding hydrogens is 480 g/mol. The third-order valence-corrected chi connectivity index (χ3v) is 7.53. The van der Waals surface area contributed by atoms with Crippen LogP contribution in [0.3, 0.4) is 0 Å². The first-order chi connectivity index (χ1) is 17.0. The molecule has 1 aromatic heterocycles. The molecule has 0 bridgehead atoms. The molecule has 2 aromatic carbocycles. The Kier molecular flexibility index (Phi) is 8.77. The number of thiazole rings is 1. The first-order valence-corrected chi connectivity index (χ1v) is 13.5. The van der Waals surface area contributed by atoms with Crippen molar-refractivity contribution >= 4 is 40.6 Å². The van der Waals surface area contributed by atoms with E-state index < -0.39 is 0 Å². The predicted molar refractivity (Wildman–Crippen MR) is 143 cm³/mol. The zero-order valence-corrected chi connectivity index (χ0v) is 21.5. The summed E-state index contributed by atoms with van der Waals surface area (Å²) in [7, 11) is 0. The van der Waals surface area contributed by atoms with Gasteiger partial charge in [-0.25, -0.2) is 9.78 Å². The average molecular weight is 511 g/mol. The van der Waals surface area contributed by atoms with Crippen LogP contribution < -0.4 is 10.6 Å². The Balaban J connectivity index is 1.34. The van der Waals surface area contributed by atoms with Gasteiger partial charge in [-0.3, -0.25) is 4.79 Å². The zero-order valence-electron chi connectivity index (χ0n) is 19.9. The standard InChI is InChI=1S/C27H31ClN4O2S/c1-2-3-6-15-29-27(34)32-16-13-20(14-17-32)26-31-24(18-35-26)25(33)30-23-8-5-4-7-22(23)19-9-11-21(28)12-10-19/h4-5,7-12,18,20H,2-3,6,13-17H2,1H3,(H,29,34)(H,30,33). The molecule has 2 heterocycles. The van der Waals surface area contributed by atoms with Gasteiger partial charge in [0.2, 0.25) is 0 Å². The first kappa shape index (κ1) is 25.2. The van der Waals surface area contributed by atoms with E-state index in [9.17, 15) is 9.59 Å². The van der Waals surface area contributed by atoms with Gasteiger partial charge in [0.15, 0.2) is 0 Å². The number of aromatic nitrogens is 1. The van der Waals surface area contributed by atoms with Crippen molar-refractivity contribution in [1.82, 2.24) is 15.2 Å². The molecule has 184 valence electrons. The second-order valence-electron chi connectivity index (χ2n) is 8.78. The lowest BCUT2D eigenvalue weighted by atomic mass is 9.98. The van der Waals surface area contributed by atoms with E-state index in [0.717, 1.165) is 60.5 Å². The van der Waals surface area contributed by atoms with Crippen molar-refractivity contribution < 1.29 is 9.59 Å². The maximum absolute atomic E-state index is 13.0. The molecule has 1 saturated heterocycles. The smallest absolute Gasteiger partial charge is 0.317 e. The maximum atomic E-state index is 13.0. The van der Waals surface area contributed by atoms with E-state index in [1.807, 2.05) is 58.8 Å². The summed E-state index contributed by atoms with van der Waals surface area (Å²) in [6.07, 6.45) is 5.01. The first-order valence-electron chi connectivity index (χ1n) is 12.2. The Labute approximate surface area is 215 Å². The molecule has 1 aliphatic heterocycles. The van der Waals surface area contributed by atoms with Gasteiger partial charge in [0.05, 0.1) is 5.01 Å². The number of carbonyl (C=O) groups is 2. The number of amides is 3. The summed E-state index contributed by atoms with van der Waals surface area (Å²) in [6.45, 7) is 4.30. The number of hydrogen-bond acceptors (Lipinski definition) is 4. The molecule has 4 rings (SSSR count). The van der Waals surface area contributed by atoms with E-state index in [1.54, 1.807) is 0 Å². The van der Waals surface area contributed by atoms with Gasteiger partial charge in [0.25, 0.3) is 5.91 Å². The Bertz CT molecular complexity index is 1140. The molecule has 0 spiro atoms. The number of benzene rings is 2. The molecule has 1 aliphatic rings. The van der Waals surface area contributed by atoms with Crippen molar-refractivity contribution in [2.45, 2.75) is 44.9 Å². The third kappa shape index (κ3) is 6.61. The van der Waals surface area contributed by atoms with E-state index in [2.05, 4.69) is 22.5 Å². The topological polar surface area (TPSA) is 74.3 Å². The van der Waals surface area contributed by atoms with Gasteiger partial charge in [-0.05, 0) is 43.0 Å². The van der Waals surface area contributed by atoms with Crippen LogP contribution in [-0.4, -0.2) is 41.5 Å². The summed E-state index contributed by atoms with van der Waals surface area (Å²) in [4.78, 5) is 31.9. The Hall–Kier alpha value is -2.90. The number of hydrogen-bond donors (Lipinski definition) is 2. The number of halogens is 1. The number of anilines is 1. The Morgan fingerprint density at radius 3 is 2.57 bits per heavy atom. The lowest BCUT2D eigenvalue weighted by molar-refractivity contribution is 0.102. The summed E-state index contributed by atoms with van der Waals surface area (Å²) >= 11 is 7.54. The highest BCUT2D eigenvalue weighted by atomic mass is 35.5. The van der Waals surface area contributed by atoms with Gasteiger partial charge in [-0.15, -0.1) is 11.3 Å². The number of likely N-dealkylation sites (tertiary alicyclic amines) is 1. The zero-order chi connectivity index (χ0) is 24.6. The van der Waals surface area contributed by atoms with Crippen LogP contribution in [0, 0.1) is 0 Å². The normalized spacial score (nSPS) is 14.1. The van der Waals surface area contributed by atoms with Crippen LogP contribution in [-0.2, 0) is 0 Å². The fourth-order valence-electron chi connectivity index (χ4n) is 4.25. The summed E-state index contributed by atoms with van der Waals surface area (Å²) in [6, 6.07) is 15.3. The monoisotopic (exact) mass is 510 g/mol. The van der Waals surface area contributed by atoms with Crippen molar-refractivity contribution in [2.24, 2.45) is 0 Å². The van der Waals surface area contributed by atoms with Crippen LogP contribution in [0.4, 0.5) is 10.5 Å². The van der Waals surface area contributed by atoms with Gasteiger partial charge in [-0.2, -0.15) is 0 Å². The minimum absolute atomic E-state index is 0.0260. The Morgan fingerprint density at radius 2 is 1.83 bits per heavy atom. The largest absolute Gasteiger partial charge is 0.338 e. The molecule has 6 nitrogen and oxygen atoms in total. The number of urea groups is 1. The average Bonchev–Trinajstić information content (AvgIpc) is 3.38. The molecular formula is C27H31ClN4O2S. The summed E-state index contributed by atoms with van der Waals surface area (Å²) in [5.74, 6) is 0.0462. The van der Waals surface area contributed by atoms with Crippen molar-refractivity contribution in [2.75, 3.05) is 25.0 Å². The summed E-state index contributed by atoms with van der Waals surface area (Å²) in [5.41, 5.74) is 3.05.